The summed E-state index contributed by atoms with van der Waals surface area (Å²) < 4.78 is 0. The van der Waals surface area contributed by atoms with Crippen LogP contribution in [-0.4, -0.2) is 28.5 Å². The molecule has 0 saturated carbocycles. The number of nitrogen functional groups attached to an aromatic ring is 1. The molecule has 0 aliphatic carbocycles. The molecule has 2 aromatic rings. The molecule has 18 heavy (non-hydrogen) atoms. The molecule has 2 rings (SSSR count). The Hall–Kier alpha value is -1.69. The highest BCUT2D eigenvalue weighted by Gasteiger charge is 2.05. The van der Waals surface area contributed by atoms with Crippen molar-refractivity contribution in [1.29, 1.82) is 0 Å². The van der Waals surface area contributed by atoms with Gasteiger partial charge in [0.25, 0.3) is 5.56 Å². The fourth-order valence-electron chi connectivity index (χ4n) is 1.72. The van der Waals surface area contributed by atoms with E-state index in [-0.39, 0.29) is 5.56 Å². The number of nitrogens with zero attached hydrogens (tertiary/aromatic N) is 1. The third kappa shape index (κ3) is 2.76. The van der Waals surface area contributed by atoms with Crippen LogP contribution in [0.1, 0.15) is 6.42 Å². The minimum atomic E-state index is -0.166. The monoisotopic (exact) mass is 264 g/mol. The van der Waals surface area contributed by atoms with Gasteiger partial charge in [-0.25, -0.2) is 4.98 Å². The van der Waals surface area contributed by atoms with Crippen molar-refractivity contribution >= 4 is 34.0 Å². The van der Waals surface area contributed by atoms with Gasteiger partial charge in [-0.3, -0.25) is 4.79 Å². The van der Waals surface area contributed by atoms with Crippen LogP contribution in [0.4, 0.5) is 11.4 Å². The van der Waals surface area contributed by atoms with Crippen LogP contribution in [0.15, 0.2) is 23.3 Å². The zero-order valence-corrected chi connectivity index (χ0v) is 11.0. The summed E-state index contributed by atoms with van der Waals surface area (Å²) in [4.78, 5) is 18.2. The number of hydrogen-bond donors (Lipinski definition) is 3. The Kier molecular flexibility index (Phi) is 4.09. The SMILES string of the molecule is CSCCCNc1cc2nc[nH]c(=O)c2cc1N. The summed E-state index contributed by atoms with van der Waals surface area (Å²) in [6.45, 7) is 0.861. The molecular weight excluding hydrogens is 248 g/mol. The number of rotatable bonds is 5. The van der Waals surface area contributed by atoms with Gasteiger partial charge in [-0.05, 0) is 30.6 Å². The van der Waals surface area contributed by atoms with Gasteiger partial charge in [0.15, 0.2) is 0 Å². The summed E-state index contributed by atoms with van der Waals surface area (Å²) >= 11 is 1.82. The average Bonchev–Trinajstić information content (AvgIpc) is 2.36. The van der Waals surface area contributed by atoms with Crippen molar-refractivity contribution in [3.63, 3.8) is 0 Å². The summed E-state index contributed by atoms with van der Waals surface area (Å²) in [6, 6.07) is 3.48. The van der Waals surface area contributed by atoms with Crippen LogP contribution in [0.2, 0.25) is 0 Å². The summed E-state index contributed by atoms with van der Waals surface area (Å²) in [5.74, 6) is 1.11. The van der Waals surface area contributed by atoms with Crippen LogP contribution in [0.25, 0.3) is 10.9 Å². The normalized spacial score (nSPS) is 10.7. The van der Waals surface area contributed by atoms with Gasteiger partial charge in [0.05, 0.1) is 28.6 Å². The van der Waals surface area contributed by atoms with Crippen molar-refractivity contribution in [2.45, 2.75) is 6.42 Å². The number of thioether (sulfide) groups is 1. The van der Waals surface area contributed by atoms with Crippen LogP contribution in [0, 0.1) is 0 Å². The van der Waals surface area contributed by atoms with Crippen molar-refractivity contribution in [2.75, 3.05) is 29.6 Å². The van der Waals surface area contributed by atoms with E-state index in [1.54, 1.807) is 6.07 Å². The highest BCUT2D eigenvalue weighted by Crippen LogP contribution is 2.22. The van der Waals surface area contributed by atoms with Crippen LogP contribution < -0.4 is 16.6 Å². The molecule has 0 radical (unpaired) electrons. The minimum Gasteiger partial charge on any atom is -0.397 e. The maximum atomic E-state index is 11.6. The second-order valence-corrected chi connectivity index (χ2v) is 4.95. The first kappa shape index (κ1) is 12.8. The highest BCUT2D eigenvalue weighted by atomic mass is 32.2. The number of fused-ring (bicyclic) bond motifs is 1. The highest BCUT2D eigenvalue weighted by molar-refractivity contribution is 7.98. The molecule has 0 bridgehead atoms. The number of H-pyrrole nitrogens is 1. The Bertz CT molecular complexity index is 596. The summed E-state index contributed by atoms with van der Waals surface area (Å²) in [6.07, 6.45) is 4.56. The first-order valence-electron chi connectivity index (χ1n) is 5.72. The first-order chi connectivity index (χ1) is 8.72. The Morgan fingerprint density at radius 3 is 3.11 bits per heavy atom. The van der Waals surface area contributed by atoms with E-state index in [1.807, 2.05) is 17.8 Å². The maximum Gasteiger partial charge on any atom is 0.258 e. The summed E-state index contributed by atoms with van der Waals surface area (Å²) in [5, 5.41) is 3.79. The molecule has 96 valence electrons. The second-order valence-electron chi connectivity index (χ2n) is 3.96. The van der Waals surface area contributed by atoms with Gasteiger partial charge in [0.2, 0.25) is 0 Å². The lowest BCUT2D eigenvalue weighted by Gasteiger charge is -2.09. The van der Waals surface area contributed by atoms with Crippen LogP contribution in [-0.2, 0) is 0 Å². The van der Waals surface area contributed by atoms with Gasteiger partial charge < -0.3 is 16.0 Å². The molecule has 0 aliphatic rings. The summed E-state index contributed by atoms with van der Waals surface area (Å²) in [5.41, 5.74) is 7.82. The Morgan fingerprint density at radius 1 is 1.50 bits per heavy atom. The maximum absolute atomic E-state index is 11.6. The Labute approximate surface area is 109 Å². The lowest BCUT2D eigenvalue weighted by molar-refractivity contribution is 0.994. The number of aromatic nitrogens is 2. The van der Waals surface area contributed by atoms with Crippen LogP contribution >= 0.6 is 11.8 Å². The Morgan fingerprint density at radius 2 is 2.33 bits per heavy atom. The quantitative estimate of drug-likeness (QED) is 0.565. The van der Waals surface area contributed by atoms with E-state index in [4.69, 9.17) is 5.73 Å². The first-order valence-corrected chi connectivity index (χ1v) is 7.11. The van der Waals surface area contributed by atoms with Gasteiger partial charge in [-0.2, -0.15) is 11.8 Å². The molecule has 0 saturated heterocycles. The molecule has 4 N–H and O–H groups in total. The zero-order valence-electron chi connectivity index (χ0n) is 10.2. The fraction of sp³-hybridized carbons (Fsp3) is 0.333. The van der Waals surface area contributed by atoms with Crippen LogP contribution in [0.3, 0.4) is 0 Å². The van der Waals surface area contributed by atoms with E-state index in [9.17, 15) is 4.79 Å². The molecule has 6 heteroatoms. The fourth-order valence-corrected chi connectivity index (χ4v) is 2.16. The predicted octanol–water partition coefficient (Wildman–Crippen LogP) is 1.67. The lowest BCUT2D eigenvalue weighted by atomic mass is 10.2. The van der Waals surface area contributed by atoms with Crippen molar-refractivity contribution < 1.29 is 0 Å². The van der Waals surface area contributed by atoms with E-state index < -0.39 is 0 Å². The molecule has 0 spiro atoms. The molecular formula is C12H16N4OS. The number of hydrogen-bond acceptors (Lipinski definition) is 5. The molecule has 1 heterocycles. The molecule has 0 atom stereocenters. The van der Waals surface area contributed by atoms with Gasteiger partial charge in [-0.15, -0.1) is 0 Å². The minimum absolute atomic E-state index is 0.166. The van der Waals surface area contributed by atoms with E-state index >= 15 is 0 Å². The van der Waals surface area contributed by atoms with Crippen LogP contribution in [0.5, 0.6) is 0 Å². The zero-order chi connectivity index (χ0) is 13.0. The number of nitrogens with one attached hydrogen (secondary N) is 2. The van der Waals surface area contributed by atoms with E-state index in [0.29, 0.717) is 16.6 Å². The van der Waals surface area contributed by atoms with E-state index in [0.717, 1.165) is 24.4 Å². The van der Waals surface area contributed by atoms with Gasteiger partial charge in [0.1, 0.15) is 0 Å². The van der Waals surface area contributed by atoms with Crippen molar-refractivity contribution in [1.82, 2.24) is 9.97 Å². The van der Waals surface area contributed by atoms with Crippen molar-refractivity contribution in [2.24, 2.45) is 0 Å². The topological polar surface area (TPSA) is 83.8 Å². The van der Waals surface area contributed by atoms with Crippen molar-refractivity contribution in [3.05, 3.63) is 28.8 Å². The molecule has 0 unspecified atom stereocenters. The molecule has 0 aliphatic heterocycles. The largest absolute Gasteiger partial charge is 0.397 e. The van der Waals surface area contributed by atoms with Gasteiger partial charge in [-0.1, -0.05) is 0 Å². The molecule has 0 fully saturated rings. The van der Waals surface area contributed by atoms with Gasteiger partial charge >= 0.3 is 0 Å². The standard InChI is InChI=1S/C12H16N4OS/c1-18-4-2-3-14-11-6-10-8(5-9(11)13)12(17)16-7-15-10/h5-7,14H,2-4,13H2,1H3,(H,15,16,17). The summed E-state index contributed by atoms with van der Waals surface area (Å²) in [7, 11) is 0. The smallest absolute Gasteiger partial charge is 0.258 e. The molecule has 5 nitrogen and oxygen atoms in total. The molecule has 0 amide bonds. The third-order valence-electron chi connectivity index (χ3n) is 2.65. The van der Waals surface area contributed by atoms with Crippen molar-refractivity contribution in [3.8, 4) is 0 Å². The predicted molar refractivity (Wildman–Crippen MR) is 78.3 cm³/mol. The van der Waals surface area contributed by atoms with E-state index in [2.05, 4.69) is 21.5 Å². The van der Waals surface area contributed by atoms with Gasteiger partial charge in [0, 0.05) is 6.54 Å². The number of anilines is 2. The molecule has 1 aromatic heterocycles. The lowest BCUT2D eigenvalue weighted by Crippen LogP contribution is -2.09. The molecule has 1 aromatic carbocycles. The van der Waals surface area contributed by atoms with E-state index in [1.165, 1.54) is 6.33 Å². The Balaban J connectivity index is 2.24. The second kappa shape index (κ2) is 5.77. The average molecular weight is 264 g/mol. The number of aromatic amines is 1. The number of nitrogens with two attached hydrogens (primary N) is 1. The number of benzene rings is 1. The third-order valence-corrected chi connectivity index (χ3v) is 3.35.